The Bertz CT molecular complexity index is 354. The normalized spacial score (nSPS) is 8.77. The number of ether oxygens (including phenoxy) is 1. The van der Waals surface area contributed by atoms with E-state index in [4.69, 9.17) is 4.74 Å². The largest absolute Gasteiger partial charge is 0.462 e. The first-order chi connectivity index (χ1) is 6.27. The minimum absolute atomic E-state index is 0.267. The Morgan fingerprint density at radius 3 is 3.00 bits per heavy atom. The number of carbonyl (C=O) groups excluding carboxylic acids is 1. The van der Waals surface area contributed by atoms with Crippen LogP contribution in [-0.4, -0.2) is 12.6 Å². The summed E-state index contributed by atoms with van der Waals surface area (Å²) in [5.41, 5.74) is 0. The quantitative estimate of drug-likeness (QED) is 0.533. The Morgan fingerprint density at radius 2 is 2.38 bits per heavy atom. The fraction of sp³-hybridized carbons (Fsp3) is 0.300. The number of carbonyl (C=O) groups is 1. The van der Waals surface area contributed by atoms with Gasteiger partial charge in [-0.25, -0.2) is 4.79 Å². The summed E-state index contributed by atoms with van der Waals surface area (Å²) in [7, 11) is 0. The molecule has 0 bridgehead atoms. The average molecular weight is 194 g/mol. The van der Waals surface area contributed by atoms with Crippen molar-refractivity contribution in [1.29, 1.82) is 0 Å². The molecular weight excluding hydrogens is 184 g/mol. The van der Waals surface area contributed by atoms with Gasteiger partial charge in [-0.3, -0.25) is 0 Å². The Balaban J connectivity index is 2.77. The third kappa shape index (κ3) is 2.60. The van der Waals surface area contributed by atoms with Crippen LogP contribution in [0.1, 0.15) is 28.4 Å². The maximum Gasteiger partial charge on any atom is 0.348 e. The molecule has 0 spiro atoms. The zero-order chi connectivity index (χ0) is 9.68. The topological polar surface area (TPSA) is 26.3 Å². The van der Waals surface area contributed by atoms with Crippen molar-refractivity contribution in [3.63, 3.8) is 0 Å². The van der Waals surface area contributed by atoms with E-state index in [0.717, 1.165) is 4.88 Å². The summed E-state index contributed by atoms with van der Waals surface area (Å²) in [6, 6.07) is 3.57. The van der Waals surface area contributed by atoms with Crippen LogP contribution in [0.25, 0.3) is 0 Å². The third-order valence-electron chi connectivity index (χ3n) is 1.33. The van der Waals surface area contributed by atoms with Crippen LogP contribution in [-0.2, 0) is 4.74 Å². The molecule has 0 radical (unpaired) electrons. The molecule has 0 amide bonds. The van der Waals surface area contributed by atoms with Crippen LogP contribution in [0.2, 0.25) is 0 Å². The molecule has 2 nitrogen and oxygen atoms in total. The van der Waals surface area contributed by atoms with E-state index in [1.165, 1.54) is 11.3 Å². The highest BCUT2D eigenvalue weighted by Crippen LogP contribution is 2.16. The molecule has 0 aliphatic carbocycles. The SMILES string of the molecule is CC#Cc1ccc(C(=O)OCC)s1. The molecule has 0 saturated heterocycles. The second kappa shape index (κ2) is 4.68. The first kappa shape index (κ1) is 9.82. The monoisotopic (exact) mass is 194 g/mol. The smallest absolute Gasteiger partial charge is 0.348 e. The lowest BCUT2D eigenvalue weighted by molar-refractivity contribution is 0.0532. The summed E-state index contributed by atoms with van der Waals surface area (Å²) in [6.45, 7) is 3.97. The summed E-state index contributed by atoms with van der Waals surface area (Å²) in [4.78, 5) is 12.7. The molecule has 1 rings (SSSR count). The van der Waals surface area contributed by atoms with Crippen LogP contribution in [0.3, 0.4) is 0 Å². The van der Waals surface area contributed by atoms with E-state index in [1.54, 1.807) is 19.9 Å². The maximum absolute atomic E-state index is 11.2. The van der Waals surface area contributed by atoms with Crippen molar-refractivity contribution in [2.75, 3.05) is 6.61 Å². The van der Waals surface area contributed by atoms with Gasteiger partial charge in [0.25, 0.3) is 0 Å². The van der Waals surface area contributed by atoms with Gasteiger partial charge in [0.05, 0.1) is 11.5 Å². The van der Waals surface area contributed by atoms with Gasteiger partial charge in [0.1, 0.15) is 4.88 Å². The van der Waals surface area contributed by atoms with Gasteiger partial charge < -0.3 is 4.74 Å². The highest BCUT2D eigenvalue weighted by Gasteiger charge is 2.08. The molecule has 0 aliphatic heterocycles. The van der Waals surface area contributed by atoms with Crippen molar-refractivity contribution in [2.45, 2.75) is 13.8 Å². The summed E-state index contributed by atoms with van der Waals surface area (Å²) in [5, 5.41) is 0. The number of hydrogen-bond donors (Lipinski definition) is 0. The highest BCUT2D eigenvalue weighted by atomic mass is 32.1. The fourth-order valence-electron chi connectivity index (χ4n) is 0.840. The van der Waals surface area contributed by atoms with Crippen LogP contribution in [0.4, 0.5) is 0 Å². The zero-order valence-corrected chi connectivity index (χ0v) is 8.40. The third-order valence-corrected chi connectivity index (χ3v) is 2.31. The highest BCUT2D eigenvalue weighted by molar-refractivity contribution is 7.14. The lowest BCUT2D eigenvalue weighted by Crippen LogP contribution is -2.01. The summed E-state index contributed by atoms with van der Waals surface area (Å²) in [6.07, 6.45) is 0. The summed E-state index contributed by atoms with van der Waals surface area (Å²) in [5.74, 6) is 5.40. The molecule has 3 heteroatoms. The molecule has 68 valence electrons. The van der Waals surface area contributed by atoms with E-state index in [9.17, 15) is 4.79 Å². The predicted octanol–water partition coefficient (Wildman–Crippen LogP) is 2.30. The molecule has 1 aromatic heterocycles. The van der Waals surface area contributed by atoms with Gasteiger partial charge in [0.15, 0.2) is 0 Å². The van der Waals surface area contributed by atoms with Gasteiger partial charge in [0.2, 0.25) is 0 Å². The van der Waals surface area contributed by atoms with E-state index < -0.39 is 0 Å². The van der Waals surface area contributed by atoms with Crippen LogP contribution >= 0.6 is 11.3 Å². The number of rotatable bonds is 2. The molecule has 13 heavy (non-hydrogen) atoms. The van der Waals surface area contributed by atoms with Gasteiger partial charge in [-0.2, -0.15) is 0 Å². The van der Waals surface area contributed by atoms with Crippen LogP contribution in [0, 0.1) is 11.8 Å². The van der Waals surface area contributed by atoms with Crippen molar-refractivity contribution < 1.29 is 9.53 Å². The van der Waals surface area contributed by atoms with Crippen molar-refractivity contribution in [3.8, 4) is 11.8 Å². The standard InChI is InChI=1S/C10H10O2S/c1-3-5-8-6-7-9(13-8)10(11)12-4-2/h6-7H,4H2,1-2H3. The van der Waals surface area contributed by atoms with Crippen LogP contribution in [0.15, 0.2) is 12.1 Å². The first-order valence-electron chi connectivity index (χ1n) is 3.97. The average Bonchev–Trinajstić information content (AvgIpc) is 2.54. The van der Waals surface area contributed by atoms with Crippen LogP contribution < -0.4 is 0 Å². The molecule has 1 aromatic rings. The van der Waals surface area contributed by atoms with Gasteiger partial charge >= 0.3 is 5.97 Å². The van der Waals surface area contributed by atoms with Gasteiger partial charge in [-0.1, -0.05) is 5.92 Å². The second-order valence-electron chi connectivity index (χ2n) is 2.26. The molecule has 0 aliphatic rings. The van der Waals surface area contributed by atoms with Crippen LogP contribution in [0.5, 0.6) is 0 Å². The molecule has 0 fully saturated rings. The van der Waals surface area contributed by atoms with Gasteiger partial charge in [-0.05, 0) is 26.0 Å². The number of hydrogen-bond acceptors (Lipinski definition) is 3. The van der Waals surface area contributed by atoms with Crippen molar-refractivity contribution >= 4 is 17.3 Å². The Labute approximate surface area is 81.5 Å². The van der Waals surface area contributed by atoms with Crippen molar-refractivity contribution in [2.24, 2.45) is 0 Å². The molecular formula is C10H10O2S. The van der Waals surface area contributed by atoms with Gasteiger partial charge in [0, 0.05) is 0 Å². The minimum Gasteiger partial charge on any atom is -0.462 e. The number of esters is 1. The fourth-order valence-corrected chi connectivity index (χ4v) is 1.64. The first-order valence-corrected chi connectivity index (χ1v) is 4.79. The minimum atomic E-state index is -0.267. The second-order valence-corrected chi connectivity index (χ2v) is 3.34. The molecule has 1 heterocycles. The van der Waals surface area contributed by atoms with E-state index in [0.29, 0.717) is 11.5 Å². The van der Waals surface area contributed by atoms with Crippen molar-refractivity contribution in [1.82, 2.24) is 0 Å². The summed E-state index contributed by atoms with van der Waals surface area (Å²) >= 11 is 1.36. The van der Waals surface area contributed by atoms with Crippen molar-refractivity contribution in [3.05, 3.63) is 21.9 Å². The predicted molar refractivity (Wildman–Crippen MR) is 52.8 cm³/mol. The molecule has 0 aromatic carbocycles. The van der Waals surface area contributed by atoms with E-state index >= 15 is 0 Å². The molecule has 0 atom stereocenters. The number of thiophene rings is 1. The van der Waals surface area contributed by atoms with E-state index in [1.807, 2.05) is 6.07 Å². The van der Waals surface area contributed by atoms with E-state index in [2.05, 4.69) is 11.8 Å². The lowest BCUT2D eigenvalue weighted by atomic mass is 10.4. The Hall–Kier alpha value is -1.27. The van der Waals surface area contributed by atoms with E-state index in [-0.39, 0.29) is 5.97 Å². The molecule has 0 saturated carbocycles. The Morgan fingerprint density at radius 1 is 1.62 bits per heavy atom. The van der Waals surface area contributed by atoms with Gasteiger partial charge in [-0.15, -0.1) is 17.3 Å². The lowest BCUT2D eigenvalue weighted by Gasteiger charge is -1.95. The summed E-state index contributed by atoms with van der Waals surface area (Å²) < 4.78 is 4.84. The molecule has 0 unspecified atom stereocenters. The molecule has 0 N–H and O–H groups in total. The zero-order valence-electron chi connectivity index (χ0n) is 7.59. The maximum atomic E-state index is 11.2. The Kier molecular flexibility index (Phi) is 3.53.